The summed E-state index contributed by atoms with van der Waals surface area (Å²) in [5.41, 5.74) is 0. The molecule has 0 aromatic rings. The Morgan fingerprint density at radius 1 is 0.252 bits per heavy atom. The lowest BCUT2D eigenvalue weighted by Crippen LogP contribution is -2.30. The standard InChI is InChI=1S/C88H172O17P2/c1-7-9-11-13-15-17-19-21-23-24-25-26-27-28-29-32-37-41-49-55-61-67-73-88(93)104-83(76-98-85(90)70-64-58-52-46-39-36-33-30-31-34-38-44-50-56-62-68-80(3)4)78-102-106(94,95)100-74-82(89)75-101-107(96,97)103-79-84(77-99-86(91)71-65-59-53-47-43-42-45-51-57-63-69-81(5)6)105-87(92)72-66-60-54-48-40-35-22-20-18-16-14-12-10-8-2/h80-84,89H,7-79H2,1-6H3,(H,94,95)(H,96,97)/t82-,83-,84-/m1/s1. The molecule has 0 aliphatic heterocycles. The van der Waals surface area contributed by atoms with Crippen LogP contribution in [0.2, 0.25) is 0 Å². The molecule has 2 unspecified atom stereocenters. The van der Waals surface area contributed by atoms with Crippen LogP contribution in [0.4, 0.5) is 0 Å². The highest BCUT2D eigenvalue weighted by molar-refractivity contribution is 7.47. The summed E-state index contributed by atoms with van der Waals surface area (Å²) in [6.07, 6.45) is 72.2. The highest BCUT2D eigenvalue weighted by atomic mass is 31.2. The number of unbranched alkanes of at least 4 members (excludes halogenated alkanes) is 57. The summed E-state index contributed by atoms with van der Waals surface area (Å²) in [4.78, 5) is 73.3. The first-order valence-electron chi connectivity index (χ1n) is 45.5. The van der Waals surface area contributed by atoms with Crippen molar-refractivity contribution in [2.45, 2.75) is 490 Å². The van der Waals surface area contributed by atoms with Gasteiger partial charge < -0.3 is 33.8 Å². The van der Waals surface area contributed by atoms with Gasteiger partial charge in [-0.3, -0.25) is 37.3 Å². The summed E-state index contributed by atoms with van der Waals surface area (Å²) >= 11 is 0. The smallest absolute Gasteiger partial charge is 0.462 e. The van der Waals surface area contributed by atoms with Gasteiger partial charge in [0.15, 0.2) is 12.2 Å². The van der Waals surface area contributed by atoms with Crippen LogP contribution < -0.4 is 0 Å². The van der Waals surface area contributed by atoms with E-state index in [1.165, 1.54) is 289 Å². The fourth-order valence-electron chi connectivity index (χ4n) is 13.8. The third-order valence-electron chi connectivity index (χ3n) is 20.7. The number of esters is 4. The van der Waals surface area contributed by atoms with Gasteiger partial charge in [-0.25, -0.2) is 9.13 Å². The molecule has 0 rings (SSSR count). The van der Waals surface area contributed by atoms with E-state index in [9.17, 15) is 43.2 Å². The first kappa shape index (κ1) is 105. The van der Waals surface area contributed by atoms with Crippen LogP contribution in [0.3, 0.4) is 0 Å². The minimum Gasteiger partial charge on any atom is -0.462 e. The van der Waals surface area contributed by atoms with Gasteiger partial charge in [0.2, 0.25) is 0 Å². The Hall–Kier alpha value is -1.94. The number of carbonyl (C=O) groups excluding carboxylic acids is 4. The van der Waals surface area contributed by atoms with E-state index in [4.69, 9.17) is 37.0 Å². The maximum absolute atomic E-state index is 13.2. The third-order valence-corrected chi connectivity index (χ3v) is 22.6. The van der Waals surface area contributed by atoms with Gasteiger partial charge in [0, 0.05) is 25.7 Å². The molecule has 0 amide bonds. The van der Waals surface area contributed by atoms with Gasteiger partial charge in [0.25, 0.3) is 0 Å². The van der Waals surface area contributed by atoms with Gasteiger partial charge in [-0.05, 0) is 37.5 Å². The van der Waals surface area contributed by atoms with Gasteiger partial charge in [0.1, 0.15) is 19.3 Å². The number of phosphoric ester groups is 2. The van der Waals surface area contributed by atoms with E-state index in [2.05, 4.69) is 41.5 Å². The average Bonchev–Trinajstić information content (AvgIpc) is 0.915. The molecule has 3 N–H and O–H groups in total. The predicted octanol–water partition coefficient (Wildman–Crippen LogP) is 27.0. The van der Waals surface area contributed by atoms with Crippen LogP contribution in [-0.2, 0) is 65.4 Å². The largest absolute Gasteiger partial charge is 0.472 e. The molecule has 5 atom stereocenters. The monoisotopic (exact) mass is 1560 g/mol. The van der Waals surface area contributed by atoms with Gasteiger partial charge in [-0.1, -0.05) is 420 Å². The van der Waals surface area contributed by atoms with Crippen molar-refractivity contribution in [3.63, 3.8) is 0 Å². The minimum absolute atomic E-state index is 0.108. The molecule has 0 spiro atoms. The fraction of sp³-hybridized carbons (Fsp3) is 0.955. The van der Waals surface area contributed by atoms with Crippen molar-refractivity contribution in [3.05, 3.63) is 0 Å². The normalized spacial score (nSPS) is 13.8. The zero-order valence-electron chi connectivity index (χ0n) is 70.5. The molecule has 0 aromatic heterocycles. The summed E-state index contributed by atoms with van der Waals surface area (Å²) in [5, 5.41) is 10.7. The second kappa shape index (κ2) is 79.3. The van der Waals surface area contributed by atoms with Crippen LogP contribution >= 0.6 is 15.6 Å². The molecule has 0 radical (unpaired) electrons. The van der Waals surface area contributed by atoms with E-state index in [0.717, 1.165) is 102 Å². The van der Waals surface area contributed by atoms with Crippen molar-refractivity contribution in [3.8, 4) is 0 Å². The van der Waals surface area contributed by atoms with Gasteiger partial charge >= 0.3 is 39.5 Å². The van der Waals surface area contributed by atoms with Crippen molar-refractivity contribution in [1.29, 1.82) is 0 Å². The third kappa shape index (κ3) is 81.9. The molecular weight excluding hydrogens is 1390 g/mol. The lowest BCUT2D eigenvalue weighted by atomic mass is 10.0. The zero-order chi connectivity index (χ0) is 78.5. The van der Waals surface area contributed by atoms with Crippen molar-refractivity contribution in [1.82, 2.24) is 0 Å². The van der Waals surface area contributed by atoms with Crippen LogP contribution in [0.5, 0.6) is 0 Å². The Balaban J connectivity index is 5.24. The van der Waals surface area contributed by atoms with E-state index in [-0.39, 0.29) is 25.7 Å². The van der Waals surface area contributed by atoms with E-state index in [1.807, 2.05) is 0 Å². The molecule has 0 saturated carbocycles. The van der Waals surface area contributed by atoms with E-state index < -0.39 is 97.5 Å². The quantitative estimate of drug-likeness (QED) is 0.0222. The molecule has 0 heterocycles. The Kier molecular flexibility index (Phi) is 77.9. The molecule has 0 aromatic carbocycles. The van der Waals surface area contributed by atoms with Crippen LogP contribution in [0.15, 0.2) is 0 Å². The SMILES string of the molecule is CCCCCCCCCCCCCCCCCCCCCCCCC(=O)O[C@H](COC(=O)CCCCCCCCCCCCCCCCCC(C)C)COP(=O)(O)OC[C@@H](O)COP(=O)(O)OC[C@@H](COC(=O)CCCCCCCCCCCCC(C)C)OC(=O)CCCCCCCCCCCCCCCC. The number of carbonyl (C=O) groups is 4. The highest BCUT2D eigenvalue weighted by Gasteiger charge is 2.30. The van der Waals surface area contributed by atoms with E-state index in [1.54, 1.807) is 0 Å². The van der Waals surface area contributed by atoms with Crippen molar-refractivity contribution in [2.75, 3.05) is 39.6 Å². The summed E-state index contributed by atoms with van der Waals surface area (Å²) in [5.74, 6) is -0.534. The number of hydrogen-bond acceptors (Lipinski definition) is 15. The maximum Gasteiger partial charge on any atom is 0.472 e. The van der Waals surface area contributed by atoms with E-state index in [0.29, 0.717) is 25.7 Å². The molecule has 107 heavy (non-hydrogen) atoms. The molecule has 0 fully saturated rings. The number of ether oxygens (including phenoxy) is 4. The minimum atomic E-state index is -4.97. The lowest BCUT2D eigenvalue weighted by molar-refractivity contribution is -0.161. The van der Waals surface area contributed by atoms with Gasteiger partial charge in [-0.15, -0.1) is 0 Å². The number of rotatable bonds is 87. The molecule has 17 nitrogen and oxygen atoms in total. The number of aliphatic hydroxyl groups is 1. The molecule has 0 aliphatic rings. The predicted molar refractivity (Wildman–Crippen MR) is 442 cm³/mol. The molecule has 0 aliphatic carbocycles. The molecule has 0 bridgehead atoms. The number of aliphatic hydroxyl groups excluding tert-OH is 1. The Morgan fingerprint density at radius 3 is 0.636 bits per heavy atom. The second-order valence-corrected chi connectivity index (χ2v) is 35.5. The lowest BCUT2D eigenvalue weighted by Gasteiger charge is -2.21. The Bertz CT molecular complexity index is 2050. The maximum atomic E-state index is 13.2. The summed E-state index contributed by atoms with van der Waals surface area (Å²) in [6.45, 7) is 9.71. The Morgan fingerprint density at radius 2 is 0.430 bits per heavy atom. The molecular formula is C88H172O17P2. The first-order valence-corrected chi connectivity index (χ1v) is 48.5. The Labute approximate surface area is 658 Å². The van der Waals surface area contributed by atoms with Crippen LogP contribution in [-0.4, -0.2) is 96.7 Å². The van der Waals surface area contributed by atoms with Gasteiger partial charge in [-0.2, -0.15) is 0 Å². The topological polar surface area (TPSA) is 237 Å². The van der Waals surface area contributed by atoms with Crippen molar-refractivity contribution in [2.24, 2.45) is 11.8 Å². The average molecular weight is 1560 g/mol. The molecule has 636 valence electrons. The number of phosphoric acid groups is 2. The van der Waals surface area contributed by atoms with Crippen LogP contribution in [0.25, 0.3) is 0 Å². The highest BCUT2D eigenvalue weighted by Crippen LogP contribution is 2.45. The van der Waals surface area contributed by atoms with Crippen molar-refractivity contribution >= 4 is 39.5 Å². The first-order chi connectivity index (χ1) is 51.9. The summed E-state index contributed by atoms with van der Waals surface area (Å²) in [7, 11) is -9.93. The van der Waals surface area contributed by atoms with Crippen LogP contribution in [0.1, 0.15) is 472 Å². The summed E-state index contributed by atoms with van der Waals surface area (Å²) < 4.78 is 69.0. The van der Waals surface area contributed by atoms with E-state index >= 15 is 0 Å². The number of hydrogen-bond donors (Lipinski definition) is 3. The molecule has 0 saturated heterocycles. The van der Waals surface area contributed by atoms with Crippen molar-refractivity contribution < 1.29 is 80.2 Å². The van der Waals surface area contributed by atoms with Crippen LogP contribution in [0, 0.1) is 11.8 Å². The summed E-state index contributed by atoms with van der Waals surface area (Å²) in [6, 6.07) is 0. The second-order valence-electron chi connectivity index (χ2n) is 32.6. The molecule has 19 heteroatoms. The zero-order valence-corrected chi connectivity index (χ0v) is 72.2. The fourth-order valence-corrected chi connectivity index (χ4v) is 15.4. The van der Waals surface area contributed by atoms with Gasteiger partial charge in [0.05, 0.1) is 26.4 Å².